The third-order valence-electron chi connectivity index (χ3n) is 3.22. The monoisotopic (exact) mass is 306 g/mol. The number of carbonyl (C=O) groups excluding carboxylic acids is 1. The Hall–Kier alpha value is -1.31. The van der Waals surface area contributed by atoms with Gasteiger partial charge in [-0.2, -0.15) is 0 Å². The number of ketones is 1. The highest BCUT2D eigenvalue weighted by atomic mass is 35.5. The molecule has 0 saturated carbocycles. The van der Waals surface area contributed by atoms with Crippen molar-refractivity contribution in [3.8, 4) is 0 Å². The third-order valence-corrected chi connectivity index (χ3v) is 3.96. The largest absolute Gasteiger partial charge is 0.299 e. The maximum absolute atomic E-state index is 12.1. The van der Waals surface area contributed by atoms with Crippen molar-refractivity contribution in [1.82, 2.24) is 0 Å². The van der Waals surface area contributed by atoms with Crippen molar-refractivity contribution in [3.63, 3.8) is 0 Å². The number of carbonyl (C=O) groups is 1. The quantitative estimate of drug-likeness (QED) is 0.767. The smallest absolute Gasteiger partial charge is 0.141 e. The summed E-state index contributed by atoms with van der Waals surface area (Å²) in [6.45, 7) is 2.12. The second-order valence-electron chi connectivity index (χ2n) is 4.81. The van der Waals surface area contributed by atoms with E-state index in [-0.39, 0.29) is 5.78 Å². The van der Waals surface area contributed by atoms with Crippen molar-refractivity contribution in [2.45, 2.75) is 26.2 Å². The molecule has 20 heavy (non-hydrogen) atoms. The van der Waals surface area contributed by atoms with Crippen molar-refractivity contribution < 1.29 is 4.79 Å². The molecular formula is C17H16Cl2O. The summed E-state index contributed by atoms with van der Waals surface area (Å²) in [5, 5.41) is 1.00. The van der Waals surface area contributed by atoms with Crippen molar-refractivity contribution in [3.05, 3.63) is 69.2 Å². The van der Waals surface area contributed by atoms with Crippen LogP contribution >= 0.6 is 23.2 Å². The SMILES string of the molecule is CCc1ccc(CC(=O)Cc2ccc(Cl)c(Cl)c2)cc1. The Kier molecular flexibility index (Phi) is 5.22. The van der Waals surface area contributed by atoms with Crippen molar-refractivity contribution >= 4 is 29.0 Å². The summed E-state index contributed by atoms with van der Waals surface area (Å²) in [4.78, 5) is 12.1. The fraction of sp³-hybridized carbons (Fsp3) is 0.235. The van der Waals surface area contributed by atoms with Crippen LogP contribution in [-0.4, -0.2) is 5.78 Å². The Morgan fingerprint density at radius 1 is 0.850 bits per heavy atom. The molecule has 0 aromatic heterocycles. The fourth-order valence-electron chi connectivity index (χ4n) is 2.06. The average molecular weight is 307 g/mol. The lowest BCUT2D eigenvalue weighted by Crippen LogP contribution is -2.06. The minimum Gasteiger partial charge on any atom is -0.299 e. The maximum atomic E-state index is 12.1. The summed E-state index contributed by atoms with van der Waals surface area (Å²) in [5.74, 6) is 0.174. The lowest BCUT2D eigenvalue weighted by molar-refractivity contribution is -0.117. The summed E-state index contributed by atoms with van der Waals surface area (Å²) in [5.41, 5.74) is 3.23. The molecule has 0 aliphatic heterocycles. The fourth-order valence-corrected chi connectivity index (χ4v) is 2.38. The highest BCUT2D eigenvalue weighted by molar-refractivity contribution is 6.42. The summed E-state index contributed by atoms with van der Waals surface area (Å²) in [7, 11) is 0. The van der Waals surface area contributed by atoms with Crippen LogP contribution < -0.4 is 0 Å². The van der Waals surface area contributed by atoms with Crippen LogP contribution in [0.15, 0.2) is 42.5 Å². The molecule has 0 aliphatic carbocycles. The van der Waals surface area contributed by atoms with Gasteiger partial charge in [0.1, 0.15) is 5.78 Å². The molecule has 2 rings (SSSR count). The lowest BCUT2D eigenvalue weighted by atomic mass is 10.0. The van der Waals surface area contributed by atoms with Crippen molar-refractivity contribution in [1.29, 1.82) is 0 Å². The van der Waals surface area contributed by atoms with E-state index < -0.39 is 0 Å². The van der Waals surface area contributed by atoms with E-state index in [9.17, 15) is 4.79 Å². The first-order valence-corrected chi connectivity index (χ1v) is 7.37. The molecule has 0 saturated heterocycles. The molecule has 0 amide bonds. The number of aryl methyl sites for hydroxylation is 1. The van der Waals surface area contributed by atoms with E-state index in [1.165, 1.54) is 5.56 Å². The molecule has 0 fully saturated rings. The van der Waals surface area contributed by atoms with Crippen LogP contribution in [0.25, 0.3) is 0 Å². The van der Waals surface area contributed by atoms with Crippen molar-refractivity contribution in [2.75, 3.05) is 0 Å². The first kappa shape index (κ1) is 15.1. The van der Waals surface area contributed by atoms with Gasteiger partial charge < -0.3 is 0 Å². The van der Waals surface area contributed by atoms with Gasteiger partial charge in [-0.15, -0.1) is 0 Å². The third kappa shape index (κ3) is 4.09. The van der Waals surface area contributed by atoms with Gasteiger partial charge >= 0.3 is 0 Å². The summed E-state index contributed by atoms with van der Waals surface area (Å²) >= 11 is 11.8. The van der Waals surface area contributed by atoms with E-state index in [1.807, 2.05) is 18.2 Å². The Morgan fingerprint density at radius 3 is 2.00 bits per heavy atom. The van der Waals surface area contributed by atoms with Gasteiger partial charge in [0.25, 0.3) is 0 Å². The number of Topliss-reactive ketones (excluding diaryl/α,β-unsaturated/α-hetero) is 1. The normalized spacial score (nSPS) is 10.6. The van der Waals surface area contributed by atoms with E-state index in [4.69, 9.17) is 23.2 Å². The Balaban J connectivity index is 1.99. The number of benzene rings is 2. The first-order valence-electron chi connectivity index (χ1n) is 6.62. The van der Waals surface area contributed by atoms with E-state index in [0.717, 1.165) is 17.5 Å². The molecular weight excluding hydrogens is 291 g/mol. The van der Waals surface area contributed by atoms with Crippen LogP contribution in [0.1, 0.15) is 23.6 Å². The van der Waals surface area contributed by atoms with Gasteiger partial charge in [0.2, 0.25) is 0 Å². The topological polar surface area (TPSA) is 17.1 Å². The lowest BCUT2D eigenvalue weighted by Gasteiger charge is -2.04. The maximum Gasteiger partial charge on any atom is 0.141 e. The molecule has 0 heterocycles. The number of rotatable bonds is 5. The molecule has 0 spiro atoms. The van der Waals surface area contributed by atoms with Gasteiger partial charge in [0.15, 0.2) is 0 Å². The molecule has 3 heteroatoms. The molecule has 0 atom stereocenters. The minimum absolute atomic E-state index is 0.174. The Morgan fingerprint density at radius 2 is 1.40 bits per heavy atom. The van der Waals surface area contributed by atoms with Crippen LogP contribution in [0.2, 0.25) is 10.0 Å². The molecule has 0 unspecified atom stereocenters. The number of hydrogen-bond donors (Lipinski definition) is 0. The number of hydrogen-bond acceptors (Lipinski definition) is 1. The van der Waals surface area contributed by atoms with Gasteiger partial charge in [-0.1, -0.05) is 60.5 Å². The summed E-state index contributed by atoms with van der Waals surface area (Å²) < 4.78 is 0. The van der Waals surface area contributed by atoms with Gasteiger partial charge in [-0.25, -0.2) is 0 Å². The van der Waals surface area contributed by atoms with Crippen molar-refractivity contribution in [2.24, 2.45) is 0 Å². The molecule has 0 radical (unpaired) electrons. The van der Waals surface area contributed by atoms with Crippen LogP contribution in [0, 0.1) is 0 Å². The van der Waals surface area contributed by atoms with Gasteiger partial charge in [-0.05, 0) is 35.2 Å². The van der Waals surface area contributed by atoms with Crippen LogP contribution in [-0.2, 0) is 24.1 Å². The van der Waals surface area contributed by atoms with Gasteiger partial charge in [0, 0.05) is 12.8 Å². The van der Waals surface area contributed by atoms with Crippen LogP contribution in [0.5, 0.6) is 0 Å². The number of halogens is 2. The standard InChI is InChI=1S/C17H16Cl2O/c1-2-12-3-5-13(6-4-12)9-15(20)10-14-7-8-16(18)17(19)11-14/h3-8,11H,2,9-10H2,1H3. The highest BCUT2D eigenvalue weighted by Crippen LogP contribution is 2.23. The first-order chi connectivity index (χ1) is 9.58. The zero-order chi connectivity index (χ0) is 14.5. The Labute approximate surface area is 129 Å². The van der Waals surface area contributed by atoms with Gasteiger partial charge in [0.05, 0.1) is 10.0 Å². The van der Waals surface area contributed by atoms with Gasteiger partial charge in [-0.3, -0.25) is 4.79 Å². The van der Waals surface area contributed by atoms with E-state index >= 15 is 0 Å². The van der Waals surface area contributed by atoms with E-state index in [1.54, 1.807) is 12.1 Å². The summed E-state index contributed by atoms with van der Waals surface area (Å²) in [6, 6.07) is 13.5. The average Bonchev–Trinajstić information content (AvgIpc) is 2.44. The predicted molar refractivity (Wildman–Crippen MR) is 84.7 cm³/mol. The second-order valence-corrected chi connectivity index (χ2v) is 5.63. The molecule has 0 aliphatic rings. The second kappa shape index (κ2) is 6.92. The predicted octanol–water partition coefficient (Wildman–Crippen LogP) is 4.91. The Bertz CT molecular complexity index is 603. The molecule has 2 aromatic rings. The van der Waals surface area contributed by atoms with Crippen LogP contribution in [0.4, 0.5) is 0 Å². The molecule has 0 N–H and O–H groups in total. The van der Waals surface area contributed by atoms with E-state index in [2.05, 4.69) is 19.1 Å². The van der Waals surface area contributed by atoms with E-state index in [0.29, 0.717) is 22.9 Å². The minimum atomic E-state index is 0.174. The zero-order valence-electron chi connectivity index (χ0n) is 11.3. The molecule has 2 aromatic carbocycles. The molecule has 1 nitrogen and oxygen atoms in total. The van der Waals surface area contributed by atoms with Crippen LogP contribution in [0.3, 0.4) is 0 Å². The summed E-state index contributed by atoms with van der Waals surface area (Å²) in [6.07, 6.45) is 1.84. The molecule has 0 bridgehead atoms. The molecule has 104 valence electrons. The zero-order valence-corrected chi connectivity index (χ0v) is 12.8. The highest BCUT2D eigenvalue weighted by Gasteiger charge is 2.07.